The number of carbonyl (C=O) groups excluding carboxylic acids is 2. The Hall–Kier alpha value is -3.03. The number of ether oxygens (including phenoxy) is 1. The third kappa shape index (κ3) is 4.58. The van der Waals surface area contributed by atoms with Crippen LogP contribution in [0.5, 0.6) is 5.75 Å². The van der Waals surface area contributed by atoms with Gasteiger partial charge >= 0.3 is 6.18 Å². The topological polar surface area (TPSA) is 67.4 Å². The minimum Gasteiger partial charge on any atom is -0.482 e. The monoisotopic (exact) mass is 378 g/mol. The van der Waals surface area contributed by atoms with Crippen LogP contribution in [-0.4, -0.2) is 18.4 Å². The summed E-state index contributed by atoms with van der Waals surface area (Å²) in [4.78, 5) is 23.6. The van der Waals surface area contributed by atoms with Gasteiger partial charge in [0, 0.05) is 0 Å². The Morgan fingerprint density at radius 3 is 2.78 bits per heavy atom. The zero-order chi connectivity index (χ0) is 19.6. The van der Waals surface area contributed by atoms with Gasteiger partial charge in [-0.05, 0) is 36.2 Å². The Morgan fingerprint density at radius 1 is 1.26 bits per heavy atom. The molecule has 3 rings (SSSR count). The number of halogens is 3. The second kappa shape index (κ2) is 7.30. The van der Waals surface area contributed by atoms with Crippen molar-refractivity contribution in [2.24, 2.45) is 0 Å². The first kappa shape index (κ1) is 18.8. The van der Waals surface area contributed by atoms with E-state index in [1.807, 2.05) is 0 Å². The number of anilines is 1. The van der Waals surface area contributed by atoms with Crippen molar-refractivity contribution in [1.29, 1.82) is 0 Å². The molecule has 1 aliphatic heterocycles. The minimum atomic E-state index is -4.45. The van der Waals surface area contributed by atoms with Crippen molar-refractivity contribution in [3.63, 3.8) is 0 Å². The molecule has 0 saturated heterocycles. The number of alkyl halides is 3. The van der Waals surface area contributed by atoms with E-state index >= 15 is 0 Å². The highest BCUT2D eigenvalue weighted by Crippen LogP contribution is 2.31. The van der Waals surface area contributed by atoms with Crippen LogP contribution in [0.15, 0.2) is 42.5 Å². The van der Waals surface area contributed by atoms with Crippen LogP contribution in [0.1, 0.15) is 29.7 Å². The normalized spacial score (nSPS) is 14.6. The first-order chi connectivity index (χ1) is 12.7. The summed E-state index contributed by atoms with van der Waals surface area (Å²) < 4.78 is 43.6. The number of carbonyl (C=O) groups is 2. The number of hydrogen-bond acceptors (Lipinski definition) is 3. The summed E-state index contributed by atoms with van der Waals surface area (Å²) >= 11 is 0. The molecule has 2 N–H and O–H groups in total. The lowest BCUT2D eigenvalue weighted by molar-refractivity contribution is -0.137. The molecule has 1 unspecified atom stereocenters. The van der Waals surface area contributed by atoms with Crippen molar-refractivity contribution in [1.82, 2.24) is 5.32 Å². The van der Waals surface area contributed by atoms with E-state index in [0.29, 0.717) is 11.4 Å². The molecule has 0 spiro atoms. The Labute approximate surface area is 153 Å². The van der Waals surface area contributed by atoms with Gasteiger partial charge < -0.3 is 15.4 Å². The van der Waals surface area contributed by atoms with Crippen LogP contribution in [0.4, 0.5) is 18.9 Å². The SMILES string of the molecule is CC(NC(=O)Cc1cccc(C(F)(F)F)c1)c1ccc2c(c1)NC(=O)CO2. The quantitative estimate of drug-likeness (QED) is 0.856. The molecule has 0 aromatic heterocycles. The molecule has 0 fully saturated rings. The second-order valence-corrected chi connectivity index (χ2v) is 6.26. The fourth-order valence-corrected chi connectivity index (χ4v) is 2.79. The van der Waals surface area contributed by atoms with Gasteiger partial charge in [0.25, 0.3) is 5.91 Å². The maximum Gasteiger partial charge on any atom is 0.416 e. The number of rotatable bonds is 4. The van der Waals surface area contributed by atoms with Gasteiger partial charge in [0.2, 0.25) is 5.91 Å². The van der Waals surface area contributed by atoms with Gasteiger partial charge in [-0.15, -0.1) is 0 Å². The van der Waals surface area contributed by atoms with Crippen molar-refractivity contribution in [3.05, 3.63) is 59.2 Å². The number of nitrogens with one attached hydrogen (secondary N) is 2. The molecule has 1 atom stereocenters. The van der Waals surface area contributed by atoms with Crippen LogP contribution in [0.3, 0.4) is 0 Å². The first-order valence-electron chi connectivity index (χ1n) is 8.24. The van der Waals surface area contributed by atoms with E-state index in [1.54, 1.807) is 25.1 Å². The summed E-state index contributed by atoms with van der Waals surface area (Å²) in [7, 11) is 0. The largest absolute Gasteiger partial charge is 0.482 e. The number of hydrogen-bond donors (Lipinski definition) is 2. The maximum atomic E-state index is 12.8. The van der Waals surface area contributed by atoms with Crippen LogP contribution < -0.4 is 15.4 Å². The van der Waals surface area contributed by atoms with E-state index in [2.05, 4.69) is 10.6 Å². The summed E-state index contributed by atoms with van der Waals surface area (Å²) in [6.07, 6.45) is -4.62. The number of amides is 2. The van der Waals surface area contributed by atoms with E-state index in [4.69, 9.17) is 4.74 Å². The summed E-state index contributed by atoms with van der Waals surface area (Å²) in [6, 6.07) is 9.44. The average Bonchev–Trinajstić information content (AvgIpc) is 2.60. The third-order valence-corrected chi connectivity index (χ3v) is 4.13. The highest BCUT2D eigenvalue weighted by molar-refractivity contribution is 5.95. The lowest BCUT2D eigenvalue weighted by Crippen LogP contribution is -2.29. The van der Waals surface area contributed by atoms with Gasteiger partial charge in [-0.1, -0.05) is 24.3 Å². The van der Waals surface area contributed by atoms with Crippen LogP contribution in [-0.2, 0) is 22.2 Å². The molecule has 0 saturated carbocycles. The molecule has 27 heavy (non-hydrogen) atoms. The summed E-state index contributed by atoms with van der Waals surface area (Å²) in [5.41, 5.74) is 0.742. The van der Waals surface area contributed by atoms with Crippen LogP contribution in [0, 0.1) is 0 Å². The average molecular weight is 378 g/mol. The van der Waals surface area contributed by atoms with E-state index in [-0.39, 0.29) is 24.5 Å². The zero-order valence-electron chi connectivity index (χ0n) is 14.4. The molecule has 2 amide bonds. The Bertz CT molecular complexity index is 881. The van der Waals surface area contributed by atoms with E-state index in [1.165, 1.54) is 12.1 Å². The van der Waals surface area contributed by atoms with Crippen molar-refractivity contribution in [2.75, 3.05) is 11.9 Å². The molecule has 0 radical (unpaired) electrons. The van der Waals surface area contributed by atoms with Gasteiger partial charge in [-0.25, -0.2) is 0 Å². The number of benzene rings is 2. The lowest BCUT2D eigenvalue weighted by Gasteiger charge is -2.21. The van der Waals surface area contributed by atoms with Crippen LogP contribution >= 0.6 is 0 Å². The first-order valence-corrected chi connectivity index (χ1v) is 8.24. The lowest BCUT2D eigenvalue weighted by atomic mass is 10.0. The van der Waals surface area contributed by atoms with Gasteiger partial charge in [-0.3, -0.25) is 9.59 Å². The molecular formula is C19H17F3N2O3. The van der Waals surface area contributed by atoms with Crippen molar-refractivity contribution in [2.45, 2.75) is 25.6 Å². The van der Waals surface area contributed by atoms with Crippen LogP contribution in [0.2, 0.25) is 0 Å². The van der Waals surface area contributed by atoms with E-state index in [0.717, 1.165) is 17.7 Å². The predicted octanol–water partition coefficient (Wildman–Crippen LogP) is 3.46. The fraction of sp³-hybridized carbons (Fsp3) is 0.263. The molecule has 1 aliphatic rings. The van der Waals surface area contributed by atoms with Gasteiger partial charge in [-0.2, -0.15) is 13.2 Å². The van der Waals surface area contributed by atoms with Crippen molar-refractivity contribution < 1.29 is 27.5 Å². The Morgan fingerprint density at radius 2 is 2.04 bits per heavy atom. The molecule has 0 bridgehead atoms. The summed E-state index contributed by atoms with van der Waals surface area (Å²) in [5, 5.41) is 5.43. The highest BCUT2D eigenvalue weighted by Gasteiger charge is 2.30. The van der Waals surface area contributed by atoms with Gasteiger partial charge in [0.15, 0.2) is 6.61 Å². The number of fused-ring (bicyclic) bond motifs is 1. The minimum absolute atomic E-state index is 0.0460. The smallest absolute Gasteiger partial charge is 0.416 e. The van der Waals surface area contributed by atoms with Gasteiger partial charge in [0.05, 0.1) is 23.7 Å². The molecule has 2 aromatic carbocycles. The zero-order valence-corrected chi connectivity index (χ0v) is 14.4. The van der Waals surface area contributed by atoms with Crippen molar-refractivity contribution in [3.8, 4) is 5.75 Å². The van der Waals surface area contributed by atoms with E-state index < -0.39 is 23.7 Å². The molecule has 1 heterocycles. The third-order valence-electron chi connectivity index (χ3n) is 4.13. The Balaban J connectivity index is 1.66. The standard InChI is InChI=1S/C19H17F3N2O3/c1-11(13-5-6-16-15(9-13)24-18(26)10-27-16)23-17(25)8-12-3-2-4-14(7-12)19(20,21)22/h2-7,9,11H,8,10H2,1H3,(H,23,25)(H,24,26). The fourth-order valence-electron chi connectivity index (χ4n) is 2.79. The molecular weight excluding hydrogens is 361 g/mol. The maximum absolute atomic E-state index is 12.8. The van der Waals surface area contributed by atoms with E-state index in [9.17, 15) is 22.8 Å². The summed E-state index contributed by atoms with van der Waals surface area (Å²) in [5.74, 6) is -0.124. The molecule has 0 aliphatic carbocycles. The van der Waals surface area contributed by atoms with Crippen LogP contribution in [0.25, 0.3) is 0 Å². The molecule has 2 aromatic rings. The molecule has 5 nitrogen and oxygen atoms in total. The predicted molar refractivity (Wildman–Crippen MR) is 92.3 cm³/mol. The molecule has 8 heteroatoms. The Kier molecular flexibility index (Phi) is 5.07. The summed E-state index contributed by atoms with van der Waals surface area (Å²) in [6.45, 7) is 1.70. The molecule has 142 valence electrons. The highest BCUT2D eigenvalue weighted by atomic mass is 19.4. The second-order valence-electron chi connectivity index (χ2n) is 6.26. The van der Waals surface area contributed by atoms with Gasteiger partial charge in [0.1, 0.15) is 5.75 Å². The van der Waals surface area contributed by atoms with Crippen molar-refractivity contribution >= 4 is 17.5 Å².